The standard InChI is InChI=1S/C17H21N3O3S/c21-17(8-5-13-24(22,23)20-11-3-4-12-20)19-16-9-10-18-15-7-2-1-6-14(15)16/h1-2,6-7,9-10H,3-5,8,11-13H2,(H,18,19,21). The zero-order valence-corrected chi connectivity index (χ0v) is 14.3. The van der Waals surface area contributed by atoms with Gasteiger partial charge >= 0.3 is 0 Å². The predicted molar refractivity (Wildman–Crippen MR) is 94.2 cm³/mol. The number of benzene rings is 1. The minimum absolute atomic E-state index is 0.0253. The Morgan fingerprint density at radius 3 is 2.71 bits per heavy atom. The average Bonchev–Trinajstić information content (AvgIpc) is 3.10. The van der Waals surface area contributed by atoms with E-state index in [9.17, 15) is 13.2 Å². The Hall–Kier alpha value is -1.99. The van der Waals surface area contributed by atoms with Crippen molar-refractivity contribution in [2.75, 3.05) is 24.2 Å². The van der Waals surface area contributed by atoms with Crippen LogP contribution in [-0.2, 0) is 14.8 Å². The van der Waals surface area contributed by atoms with Gasteiger partial charge in [-0.2, -0.15) is 0 Å². The van der Waals surface area contributed by atoms with E-state index in [1.54, 1.807) is 12.3 Å². The van der Waals surface area contributed by atoms with Gasteiger partial charge in [0.1, 0.15) is 0 Å². The topological polar surface area (TPSA) is 79.4 Å². The van der Waals surface area contributed by atoms with E-state index in [-0.39, 0.29) is 18.1 Å². The third kappa shape index (κ3) is 3.91. The molecule has 6 nitrogen and oxygen atoms in total. The second-order valence-corrected chi connectivity index (χ2v) is 8.04. The van der Waals surface area contributed by atoms with Crippen molar-refractivity contribution in [3.8, 4) is 0 Å². The lowest BCUT2D eigenvalue weighted by molar-refractivity contribution is -0.116. The van der Waals surface area contributed by atoms with Gasteiger partial charge in [0, 0.05) is 31.1 Å². The third-order valence-corrected chi connectivity index (χ3v) is 6.14. The van der Waals surface area contributed by atoms with Gasteiger partial charge in [-0.3, -0.25) is 9.78 Å². The number of carbonyl (C=O) groups excluding carboxylic acids is 1. The van der Waals surface area contributed by atoms with Gasteiger partial charge in [-0.1, -0.05) is 18.2 Å². The van der Waals surface area contributed by atoms with E-state index < -0.39 is 10.0 Å². The molecule has 0 spiro atoms. The number of para-hydroxylation sites is 1. The van der Waals surface area contributed by atoms with Crippen LogP contribution in [-0.4, -0.2) is 42.5 Å². The first-order valence-electron chi connectivity index (χ1n) is 8.18. The lowest BCUT2D eigenvalue weighted by atomic mass is 10.2. The third-order valence-electron chi connectivity index (χ3n) is 4.19. The summed E-state index contributed by atoms with van der Waals surface area (Å²) in [5.74, 6) is -0.152. The van der Waals surface area contributed by atoms with Gasteiger partial charge in [0.25, 0.3) is 0 Å². The molecule has 3 rings (SSSR count). The summed E-state index contributed by atoms with van der Waals surface area (Å²) >= 11 is 0. The van der Waals surface area contributed by atoms with Crippen LogP contribution in [0.25, 0.3) is 10.9 Å². The molecule has 0 bridgehead atoms. The van der Waals surface area contributed by atoms with Crippen molar-refractivity contribution in [2.24, 2.45) is 0 Å². The lowest BCUT2D eigenvalue weighted by Gasteiger charge is -2.15. The Bertz CT molecular complexity index is 825. The highest BCUT2D eigenvalue weighted by molar-refractivity contribution is 7.89. The number of nitrogens with zero attached hydrogens (tertiary/aromatic N) is 2. The van der Waals surface area contributed by atoms with Gasteiger partial charge in [-0.25, -0.2) is 12.7 Å². The number of hydrogen-bond donors (Lipinski definition) is 1. The van der Waals surface area contributed by atoms with Crippen LogP contribution in [0.2, 0.25) is 0 Å². The molecule has 1 amide bonds. The molecule has 2 aromatic rings. The number of hydrogen-bond acceptors (Lipinski definition) is 4. The Balaban J connectivity index is 1.56. The fourth-order valence-corrected chi connectivity index (χ4v) is 4.51. The minimum Gasteiger partial charge on any atom is -0.325 e. The van der Waals surface area contributed by atoms with Crippen LogP contribution in [0.1, 0.15) is 25.7 Å². The summed E-state index contributed by atoms with van der Waals surface area (Å²) in [6.45, 7) is 1.22. The van der Waals surface area contributed by atoms with Crippen LogP contribution in [0, 0.1) is 0 Å². The smallest absolute Gasteiger partial charge is 0.224 e. The van der Waals surface area contributed by atoms with Gasteiger partial charge < -0.3 is 5.32 Å². The van der Waals surface area contributed by atoms with Gasteiger partial charge in [0.05, 0.1) is 17.0 Å². The predicted octanol–water partition coefficient (Wildman–Crippen LogP) is 2.38. The fourth-order valence-electron chi connectivity index (χ4n) is 2.93. The van der Waals surface area contributed by atoms with Gasteiger partial charge in [0.2, 0.25) is 15.9 Å². The fraction of sp³-hybridized carbons (Fsp3) is 0.412. The molecule has 1 aromatic heterocycles. The SMILES string of the molecule is O=C(CCCS(=O)(=O)N1CCCC1)Nc1ccnc2ccccc12. The average molecular weight is 347 g/mol. The number of amides is 1. The maximum absolute atomic E-state index is 12.1. The number of sulfonamides is 1. The highest BCUT2D eigenvalue weighted by Crippen LogP contribution is 2.21. The second kappa shape index (κ2) is 7.27. The molecule has 1 aliphatic heterocycles. The Morgan fingerprint density at radius 1 is 1.17 bits per heavy atom. The van der Waals surface area contributed by atoms with Crippen molar-refractivity contribution in [1.82, 2.24) is 9.29 Å². The summed E-state index contributed by atoms with van der Waals surface area (Å²) in [6, 6.07) is 9.32. The van der Waals surface area contributed by atoms with Crippen molar-refractivity contribution < 1.29 is 13.2 Å². The van der Waals surface area contributed by atoms with E-state index in [0.717, 1.165) is 23.7 Å². The summed E-state index contributed by atoms with van der Waals surface area (Å²) in [4.78, 5) is 16.4. The molecule has 24 heavy (non-hydrogen) atoms. The van der Waals surface area contributed by atoms with E-state index in [1.165, 1.54) is 4.31 Å². The molecular weight excluding hydrogens is 326 g/mol. The molecule has 1 aliphatic rings. The number of nitrogens with one attached hydrogen (secondary N) is 1. The van der Waals surface area contributed by atoms with E-state index in [4.69, 9.17) is 0 Å². The molecule has 7 heteroatoms. The van der Waals surface area contributed by atoms with Crippen molar-refractivity contribution in [1.29, 1.82) is 0 Å². The van der Waals surface area contributed by atoms with Crippen LogP contribution in [0.15, 0.2) is 36.5 Å². The molecule has 0 aliphatic carbocycles. The Labute approximate surface area is 141 Å². The van der Waals surface area contributed by atoms with E-state index >= 15 is 0 Å². The Morgan fingerprint density at radius 2 is 1.92 bits per heavy atom. The molecule has 0 unspecified atom stereocenters. The molecule has 0 atom stereocenters. The first-order valence-corrected chi connectivity index (χ1v) is 9.79. The van der Waals surface area contributed by atoms with Crippen LogP contribution in [0.5, 0.6) is 0 Å². The zero-order valence-electron chi connectivity index (χ0n) is 13.4. The maximum Gasteiger partial charge on any atom is 0.224 e. The summed E-state index contributed by atoms with van der Waals surface area (Å²) < 4.78 is 25.8. The van der Waals surface area contributed by atoms with Crippen molar-refractivity contribution in [3.05, 3.63) is 36.5 Å². The molecule has 2 heterocycles. The summed E-state index contributed by atoms with van der Waals surface area (Å²) in [5.41, 5.74) is 1.51. The first-order chi connectivity index (χ1) is 11.6. The number of carbonyl (C=O) groups is 1. The number of fused-ring (bicyclic) bond motifs is 1. The van der Waals surface area contributed by atoms with Crippen LogP contribution >= 0.6 is 0 Å². The molecule has 1 fully saturated rings. The normalized spacial score (nSPS) is 15.7. The molecule has 0 saturated carbocycles. The molecule has 1 N–H and O–H groups in total. The zero-order chi connectivity index (χ0) is 17.0. The number of rotatable bonds is 6. The van der Waals surface area contributed by atoms with Crippen LogP contribution in [0.4, 0.5) is 5.69 Å². The quantitative estimate of drug-likeness (QED) is 0.870. The van der Waals surface area contributed by atoms with Gasteiger partial charge in [-0.05, 0) is 31.4 Å². The number of pyridine rings is 1. The minimum atomic E-state index is -3.22. The van der Waals surface area contributed by atoms with Crippen molar-refractivity contribution in [2.45, 2.75) is 25.7 Å². The number of aromatic nitrogens is 1. The summed E-state index contributed by atoms with van der Waals surface area (Å²) in [7, 11) is -3.22. The highest BCUT2D eigenvalue weighted by Gasteiger charge is 2.24. The highest BCUT2D eigenvalue weighted by atomic mass is 32.2. The second-order valence-electron chi connectivity index (χ2n) is 5.95. The van der Waals surface area contributed by atoms with Crippen LogP contribution in [0.3, 0.4) is 0 Å². The van der Waals surface area contributed by atoms with Gasteiger partial charge in [0.15, 0.2) is 0 Å². The Kier molecular flexibility index (Phi) is 5.11. The van der Waals surface area contributed by atoms with Crippen LogP contribution < -0.4 is 5.32 Å². The monoisotopic (exact) mass is 347 g/mol. The molecule has 0 radical (unpaired) electrons. The van der Waals surface area contributed by atoms with E-state index in [1.807, 2.05) is 24.3 Å². The summed E-state index contributed by atoms with van der Waals surface area (Å²) in [6.07, 6.45) is 4.01. The van der Waals surface area contributed by atoms with E-state index in [2.05, 4.69) is 10.3 Å². The molecule has 1 aromatic carbocycles. The number of anilines is 1. The molecule has 128 valence electrons. The maximum atomic E-state index is 12.1. The van der Waals surface area contributed by atoms with Gasteiger partial charge in [-0.15, -0.1) is 0 Å². The lowest BCUT2D eigenvalue weighted by Crippen LogP contribution is -2.30. The molecule has 1 saturated heterocycles. The van der Waals surface area contributed by atoms with Crippen molar-refractivity contribution in [3.63, 3.8) is 0 Å². The van der Waals surface area contributed by atoms with E-state index in [0.29, 0.717) is 25.2 Å². The first kappa shape index (κ1) is 16.9. The molecular formula is C17H21N3O3S. The van der Waals surface area contributed by atoms with Crippen molar-refractivity contribution >= 4 is 32.5 Å². The largest absolute Gasteiger partial charge is 0.325 e. The summed E-state index contributed by atoms with van der Waals surface area (Å²) in [5, 5.41) is 3.73.